The summed E-state index contributed by atoms with van der Waals surface area (Å²) in [5, 5.41) is 3.63. The van der Waals surface area contributed by atoms with Gasteiger partial charge in [0.1, 0.15) is 5.75 Å². The first-order valence-corrected chi connectivity index (χ1v) is 9.91. The largest absolute Gasteiger partial charge is 0.495 e. The van der Waals surface area contributed by atoms with Gasteiger partial charge in [-0.05, 0) is 24.3 Å². The number of piperazine rings is 1. The van der Waals surface area contributed by atoms with Crippen LogP contribution in [-0.2, 0) is 4.79 Å². The van der Waals surface area contributed by atoms with Crippen molar-refractivity contribution < 1.29 is 14.4 Å². The predicted molar refractivity (Wildman–Crippen MR) is 109 cm³/mol. The lowest BCUT2D eigenvalue weighted by molar-refractivity contribution is -0.892. The van der Waals surface area contributed by atoms with Crippen LogP contribution in [0.3, 0.4) is 0 Å². The zero-order valence-electron chi connectivity index (χ0n) is 15.3. The van der Waals surface area contributed by atoms with Crippen molar-refractivity contribution in [2.45, 2.75) is 0 Å². The third-order valence-corrected chi connectivity index (χ3v) is 5.80. The number of methoxy groups -OCH3 is 1. The number of quaternary nitrogens is 1. The Labute approximate surface area is 162 Å². The van der Waals surface area contributed by atoms with E-state index in [0.29, 0.717) is 11.7 Å². The quantitative estimate of drug-likeness (QED) is 0.703. The van der Waals surface area contributed by atoms with E-state index in [-0.39, 0.29) is 5.91 Å². The second-order valence-corrected chi connectivity index (χ2v) is 7.65. The fourth-order valence-corrected chi connectivity index (χ4v) is 4.33. The zero-order valence-corrected chi connectivity index (χ0v) is 16.1. The second-order valence-electron chi connectivity index (χ2n) is 6.62. The van der Waals surface area contributed by atoms with Gasteiger partial charge in [-0.1, -0.05) is 35.6 Å². The minimum Gasteiger partial charge on any atom is -0.495 e. The van der Waals surface area contributed by atoms with Crippen LogP contribution in [0.5, 0.6) is 5.75 Å². The van der Waals surface area contributed by atoms with Gasteiger partial charge in [-0.15, -0.1) is 0 Å². The van der Waals surface area contributed by atoms with Crippen molar-refractivity contribution in [3.63, 3.8) is 0 Å². The van der Waals surface area contributed by atoms with Gasteiger partial charge in [0.15, 0.2) is 11.7 Å². The van der Waals surface area contributed by atoms with Gasteiger partial charge in [0.25, 0.3) is 5.91 Å². The number of anilines is 2. The van der Waals surface area contributed by atoms with Crippen molar-refractivity contribution in [2.24, 2.45) is 0 Å². The number of carbonyl (C=O) groups is 1. The summed E-state index contributed by atoms with van der Waals surface area (Å²) in [6, 6.07) is 16.0. The van der Waals surface area contributed by atoms with Crippen LogP contribution >= 0.6 is 11.3 Å². The van der Waals surface area contributed by atoms with E-state index >= 15 is 0 Å². The molecule has 2 N–H and O–H groups in total. The van der Waals surface area contributed by atoms with E-state index in [1.165, 1.54) is 16.2 Å². The molecule has 1 aliphatic rings. The van der Waals surface area contributed by atoms with E-state index in [1.807, 2.05) is 42.5 Å². The van der Waals surface area contributed by atoms with Crippen LogP contribution < -0.4 is 19.9 Å². The molecule has 0 radical (unpaired) electrons. The minimum atomic E-state index is 0.0230. The maximum atomic E-state index is 12.4. The van der Waals surface area contributed by atoms with E-state index in [4.69, 9.17) is 4.74 Å². The fraction of sp³-hybridized carbons (Fsp3) is 0.300. The van der Waals surface area contributed by atoms with Gasteiger partial charge in [0.2, 0.25) is 0 Å². The van der Waals surface area contributed by atoms with E-state index in [2.05, 4.69) is 21.3 Å². The summed E-state index contributed by atoms with van der Waals surface area (Å²) in [6.07, 6.45) is 0. The van der Waals surface area contributed by atoms with Crippen molar-refractivity contribution in [3.05, 3.63) is 48.5 Å². The number of carbonyl (C=O) groups excluding carboxylic acids is 1. The number of nitrogens with one attached hydrogen (secondary N) is 2. The molecule has 2 aromatic carbocycles. The molecule has 7 heteroatoms. The maximum absolute atomic E-state index is 12.4. The molecule has 0 saturated carbocycles. The first kappa shape index (κ1) is 17.8. The Balaban J connectivity index is 1.31. The zero-order chi connectivity index (χ0) is 18.6. The Kier molecular flexibility index (Phi) is 5.22. The molecule has 1 amide bonds. The number of aromatic nitrogens is 1. The van der Waals surface area contributed by atoms with Gasteiger partial charge in [-0.3, -0.25) is 10.1 Å². The molecule has 1 aliphatic heterocycles. The molecule has 0 spiro atoms. The number of hydrogen-bond donors (Lipinski definition) is 2. The molecule has 140 valence electrons. The van der Waals surface area contributed by atoms with E-state index in [0.717, 1.165) is 47.8 Å². The Morgan fingerprint density at radius 3 is 2.70 bits per heavy atom. The van der Waals surface area contributed by atoms with Crippen molar-refractivity contribution in [1.82, 2.24) is 4.98 Å². The number of thiazole rings is 1. The van der Waals surface area contributed by atoms with Crippen molar-refractivity contribution in [1.29, 1.82) is 0 Å². The molecule has 4 rings (SSSR count). The summed E-state index contributed by atoms with van der Waals surface area (Å²) in [4.78, 5) is 20.5. The lowest BCUT2D eigenvalue weighted by atomic mass is 10.2. The molecule has 1 fully saturated rings. The van der Waals surface area contributed by atoms with E-state index < -0.39 is 0 Å². The Bertz CT molecular complexity index is 901. The number of benzene rings is 2. The molecule has 2 heterocycles. The topological polar surface area (TPSA) is 58.9 Å². The molecule has 0 aliphatic carbocycles. The highest BCUT2D eigenvalue weighted by Gasteiger charge is 2.24. The predicted octanol–water partition coefficient (Wildman–Crippen LogP) is 1.65. The van der Waals surface area contributed by atoms with E-state index in [1.54, 1.807) is 7.11 Å². The highest BCUT2D eigenvalue weighted by molar-refractivity contribution is 7.22. The van der Waals surface area contributed by atoms with Gasteiger partial charge in [0.05, 0.1) is 49.2 Å². The standard InChI is InChI=1S/C20H22N4O2S/c1-26-17-8-4-3-7-16(17)24-12-10-23(11-13-24)14-19(25)22-20-21-15-6-2-5-9-18(15)27-20/h2-9H,10-14H2,1H3,(H,21,22,25)/p+1. The molecule has 1 aromatic heterocycles. The Morgan fingerprint density at radius 2 is 1.93 bits per heavy atom. The molecule has 0 bridgehead atoms. The first-order valence-electron chi connectivity index (χ1n) is 9.10. The molecule has 6 nitrogen and oxygen atoms in total. The van der Waals surface area contributed by atoms with E-state index in [9.17, 15) is 4.79 Å². The number of fused-ring (bicyclic) bond motifs is 1. The van der Waals surface area contributed by atoms with Crippen molar-refractivity contribution >= 4 is 38.3 Å². The molecule has 0 unspecified atom stereocenters. The summed E-state index contributed by atoms with van der Waals surface area (Å²) in [5.74, 6) is 0.921. The van der Waals surface area contributed by atoms with Gasteiger partial charge in [-0.25, -0.2) is 4.98 Å². The third kappa shape index (κ3) is 4.04. The van der Waals surface area contributed by atoms with Crippen LogP contribution in [0.15, 0.2) is 48.5 Å². The van der Waals surface area contributed by atoms with Crippen molar-refractivity contribution in [3.8, 4) is 5.75 Å². The fourth-order valence-electron chi connectivity index (χ4n) is 3.45. The normalized spacial score (nSPS) is 15.1. The molecule has 27 heavy (non-hydrogen) atoms. The Hall–Kier alpha value is -2.64. The average Bonchev–Trinajstić information content (AvgIpc) is 3.10. The molecule has 1 saturated heterocycles. The number of hydrogen-bond acceptors (Lipinski definition) is 5. The summed E-state index contributed by atoms with van der Waals surface area (Å²) in [6.45, 7) is 4.13. The summed E-state index contributed by atoms with van der Waals surface area (Å²) in [5.41, 5.74) is 2.05. The Morgan fingerprint density at radius 1 is 1.19 bits per heavy atom. The van der Waals surface area contributed by atoms with Crippen LogP contribution in [0.1, 0.15) is 0 Å². The van der Waals surface area contributed by atoms with Gasteiger partial charge >= 0.3 is 0 Å². The lowest BCUT2D eigenvalue weighted by Gasteiger charge is -2.33. The van der Waals surface area contributed by atoms with Crippen molar-refractivity contribution in [2.75, 3.05) is 50.1 Å². The number of nitrogens with zero attached hydrogens (tertiary/aromatic N) is 2. The first-order chi connectivity index (χ1) is 13.2. The molecule has 0 atom stereocenters. The molecular weight excluding hydrogens is 360 g/mol. The smallest absolute Gasteiger partial charge is 0.281 e. The highest BCUT2D eigenvalue weighted by Crippen LogP contribution is 2.27. The summed E-state index contributed by atoms with van der Waals surface area (Å²) < 4.78 is 6.55. The van der Waals surface area contributed by atoms with Crippen LogP contribution in [0.4, 0.5) is 10.8 Å². The lowest BCUT2D eigenvalue weighted by Crippen LogP contribution is -3.15. The van der Waals surface area contributed by atoms with Gasteiger partial charge < -0.3 is 14.5 Å². The van der Waals surface area contributed by atoms with Crippen LogP contribution in [0.2, 0.25) is 0 Å². The number of rotatable bonds is 5. The molecule has 3 aromatic rings. The number of para-hydroxylation sites is 3. The van der Waals surface area contributed by atoms with Crippen LogP contribution in [0.25, 0.3) is 10.2 Å². The second kappa shape index (κ2) is 7.94. The monoisotopic (exact) mass is 383 g/mol. The van der Waals surface area contributed by atoms with Crippen LogP contribution in [-0.4, -0.2) is 50.7 Å². The van der Waals surface area contributed by atoms with Gasteiger partial charge in [0, 0.05) is 0 Å². The third-order valence-electron chi connectivity index (χ3n) is 4.85. The SMILES string of the molecule is COc1ccccc1N1CC[NH+](CC(=O)Nc2nc3ccccc3s2)CC1. The summed E-state index contributed by atoms with van der Waals surface area (Å²) in [7, 11) is 1.70. The highest BCUT2D eigenvalue weighted by atomic mass is 32.1. The maximum Gasteiger partial charge on any atom is 0.281 e. The minimum absolute atomic E-state index is 0.0230. The molecular formula is C20H23N4O2S+. The summed E-state index contributed by atoms with van der Waals surface area (Å²) >= 11 is 1.51. The van der Waals surface area contributed by atoms with Crippen LogP contribution in [0, 0.1) is 0 Å². The van der Waals surface area contributed by atoms with Gasteiger partial charge in [-0.2, -0.15) is 0 Å². The number of ether oxygens (including phenoxy) is 1. The average molecular weight is 383 g/mol. The number of amides is 1.